The Hall–Kier alpha value is -3.17. The Labute approximate surface area is 173 Å². The maximum Gasteiger partial charge on any atom is 0.414 e. The summed E-state index contributed by atoms with van der Waals surface area (Å²) in [6, 6.07) is 9.43. The van der Waals surface area contributed by atoms with Crippen LogP contribution in [0, 0.1) is 13.8 Å². The van der Waals surface area contributed by atoms with E-state index in [1.807, 2.05) is 0 Å². The number of amides is 1. The Kier molecular flexibility index (Phi) is 5.69. The molecule has 0 unspecified atom stereocenters. The van der Waals surface area contributed by atoms with Crippen LogP contribution in [0.3, 0.4) is 0 Å². The number of nitrogens with zero attached hydrogens (tertiary/aromatic N) is 1. The number of nitrogens with two attached hydrogens (primary N) is 1. The zero-order valence-electron chi connectivity index (χ0n) is 17.1. The summed E-state index contributed by atoms with van der Waals surface area (Å²) < 4.78 is 34.0. The molecule has 30 heavy (non-hydrogen) atoms. The molecule has 3 rings (SSSR count). The SMILES string of the molecule is Cc1cc2c(C)c(Cc3cccc(S(N)(=O)=O)c3)c(=O)oc2cc1OC(=O)N(C)C. The third kappa shape index (κ3) is 4.37. The molecule has 9 heteroatoms. The van der Waals surface area contributed by atoms with Crippen molar-refractivity contribution in [3.8, 4) is 5.75 Å². The zero-order chi connectivity index (χ0) is 22.2. The largest absolute Gasteiger partial charge is 0.422 e. The number of primary sulfonamides is 1. The third-order valence-electron chi connectivity index (χ3n) is 4.75. The fraction of sp³-hybridized carbons (Fsp3) is 0.238. The molecule has 1 aromatic heterocycles. The fourth-order valence-corrected chi connectivity index (χ4v) is 3.64. The minimum absolute atomic E-state index is 0.0222. The molecule has 8 nitrogen and oxygen atoms in total. The van der Waals surface area contributed by atoms with E-state index in [1.165, 1.54) is 23.1 Å². The smallest absolute Gasteiger partial charge is 0.414 e. The van der Waals surface area contributed by atoms with Gasteiger partial charge in [0.05, 0.1) is 4.90 Å². The molecule has 2 aromatic carbocycles. The highest BCUT2D eigenvalue weighted by Gasteiger charge is 2.17. The van der Waals surface area contributed by atoms with Crippen molar-refractivity contribution in [2.24, 2.45) is 5.14 Å². The summed E-state index contributed by atoms with van der Waals surface area (Å²) in [5, 5.41) is 5.89. The molecule has 0 atom stereocenters. The highest BCUT2D eigenvalue weighted by atomic mass is 32.2. The van der Waals surface area contributed by atoms with Crippen molar-refractivity contribution in [2.45, 2.75) is 25.2 Å². The van der Waals surface area contributed by atoms with Crippen LogP contribution in [0.2, 0.25) is 0 Å². The van der Waals surface area contributed by atoms with E-state index in [-0.39, 0.29) is 11.3 Å². The molecular formula is C21H22N2O6S. The third-order valence-corrected chi connectivity index (χ3v) is 5.66. The molecular weight excluding hydrogens is 408 g/mol. The van der Waals surface area contributed by atoms with Gasteiger partial charge in [0.15, 0.2) is 0 Å². The monoisotopic (exact) mass is 430 g/mol. The molecule has 0 aliphatic heterocycles. The van der Waals surface area contributed by atoms with Crippen LogP contribution in [0.15, 0.2) is 50.5 Å². The maximum absolute atomic E-state index is 12.6. The number of carbonyl (C=O) groups is 1. The molecule has 0 saturated heterocycles. The second kappa shape index (κ2) is 7.92. The number of hydrogen-bond acceptors (Lipinski definition) is 6. The van der Waals surface area contributed by atoms with E-state index in [9.17, 15) is 18.0 Å². The van der Waals surface area contributed by atoms with Gasteiger partial charge in [-0.25, -0.2) is 23.1 Å². The molecule has 0 fully saturated rings. The van der Waals surface area contributed by atoms with Crippen LogP contribution >= 0.6 is 0 Å². The van der Waals surface area contributed by atoms with Gasteiger partial charge in [0.1, 0.15) is 11.3 Å². The number of aryl methyl sites for hydroxylation is 2. The average Bonchev–Trinajstić information content (AvgIpc) is 2.66. The van der Waals surface area contributed by atoms with Crippen LogP contribution in [-0.4, -0.2) is 33.5 Å². The van der Waals surface area contributed by atoms with Crippen LogP contribution in [0.25, 0.3) is 11.0 Å². The van der Waals surface area contributed by atoms with Gasteiger partial charge in [-0.1, -0.05) is 12.1 Å². The molecule has 0 spiro atoms. The summed E-state index contributed by atoms with van der Waals surface area (Å²) in [6.07, 6.45) is -0.355. The summed E-state index contributed by atoms with van der Waals surface area (Å²) in [4.78, 5) is 25.8. The van der Waals surface area contributed by atoms with Gasteiger partial charge in [-0.3, -0.25) is 0 Å². The van der Waals surface area contributed by atoms with Crippen molar-refractivity contribution in [2.75, 3.05) is 14.1 Å². The molecule has 3 aromatic rings. The van der Waals surface area contributed by atoms with Crippen LogP contribution < -0.4 is 15.5 Å². The fourth-order valence-electron chi connectivity index (χ4n) is 3.06. The molecule has 1 amide bonds. The molecule has 1 heterocycles. The van der Waals surface area contributed by atoms with Crippen molar-refractivity contribution in [1.82, 2.24) is 4.90 Å². The Morgan fingerprint density at radius 3 is 2.50 bits per heavy atom. The van der Waals surface area contributed by atoms with E-state index in [0.29, 0.717) is 39.0 Å². The van der Waals surface area contributed by atoms with Gasteiger partial charge in [0.2, 0.25) is 10.0 Å². The van der Waals surface area contributed by atoms with Gasteiger partial charge in [-0.05, 0) is 48.7 Å². The number of ether oxygens (including phenoxy) is 1. The van der Waals surface area contributed by atoms with Gasteiger partial charge in [-0.2, -0.15) is 0 Å². The zero-order valence-corrected chi connectivity index (χ0v) is 17.9. The lowest BCUT2D eigenvalue weighted by molar-refractivity contribution is 0.171. The van der Waals surface area contributed by atoms with Crippen LogP contribution in [-0.2, 0) is 16.4 Å². The first kappa shape index (κ1) is 21.5. The summed E-state index contributed by atoms with van der Waals surface area (Å²) >= 11 is 0. The summed E-state index contributed by atoms with van der Waals surface area (Å²) in [5.41, 5.74) is 2.19. The first-order chi connectivity index (χ1) is 14.0. The normalized spacial score (nSPS) is 11.5. The van der Waals surface area contributed by atoms with E-state index in [2.05, 4.69) is 0 Å². The number of carbonyl (C=O) groups excluding carboxylic acids is 1. The summed E-state index contributed by atoms with van der Waals surface area (Å²) in [5.74, 6) is 0.303. The number of fused-ring (bicyclic) bond motifs is 1. The molecule has 0 aliphatic carbocycles. The summed E-state index contributed by atoms with van der Waals surface area (Å²) in [6.45, 7) is 3.58. The quantitative estimate of drug-likeness (QED) is 0.636. The molecule has 0 saturated carbocycles. The summed E-state index contributed by atoms with van der Waals surface area (Å²) in [7, 11) is -0.706. The maximum atomic E-state index is 12.6. The van der Waals surface area contributed by atoms with Crippen LogP contribution in [0.1, 0.15) is 22.3 Å². The van der Waals surface area contributed by atoms with Crippen molar-refractivity contribution < 1.29 is 22.4 Å². The lowest BCUT2D eigenvalue weighted by atomic mass is 9.98. The standard InChI is InChI=1S/C21H22N2O6S/c1-12-8-16-13(2)17(10-14-6-5-7-15(9-14)30(22,26)27)20(24)28-19(16)11-18(12)29-21(25)23(3)4/h5-9,11H,10H2,1-4H3,(H2,22,26,27). The Bertz CT molecular complexity index is 1310. The molecule has 2 N–H and O–H groups in total. The molecule has 0 radical (unpaired) electrons. The Morgan fingerprint density at radius 1 is 1.17 bits per heavy atom. The van der Waals surface area contributed by atoms with Crippen molar-refractivity contribution in [1.29, 1.82) is 0 Å². The minimum Gasteiger partial charge on any atom is -0.422 e. The van der Waals surface area contributed by atoms with Crippen molar-refractivity contribution >= 4 is 27.1 Å². The second-order valence-corrected chi connectivity index (χ2v) is 8.80. The van der Waals surface area contributed by atoms with Crippen LogP contribution in [0.5, 0.6) is 5.75 Å². The van der Waals surface area contributed by atoms with Crippen molar-refractivity contribution in [3.63, 3.8) is 0 Å². The molecule has 158 valence electrons. The van der Waals surface area contributed by atoms with Crippen LogP contribution in [0.4, 0.5) is 4.79 Å². The number of benzene rings is 2. The van der Waals surface area contributed by atoms with E-state index < -0.39 is 21.7 Å². The topological polar surface area (TPSA) is 120 Å². The highest BCUT2D eigenvalue weighted by molar-refractivity contribution is 7.89. The average molecular weight is 430 g/mol. The predicted octanol–water partition coefficient (Wildman–Crippen LogP) is 2.71. The number of hydrogen-bond donors (Lipinski definition) is 1. The second-order valence-electron chi connectivity index (χ2n) is 7.24. The van der Waals surface area contributed by atoms with Gasteiger partial charge in [0, 0.05) is 37.5 Å². The minimum atomic E-state index is -3.85. The van der Waals surface area contributed by atoms with Gasteiger partial charge >= 0.3 is 11.7 Å². The van der Waals surface area contributed by atoms with E-state index >= 15 is 0 Å². The van der Waals surface area contributed by atoms with Gasteiger partial charge in [-0.15, -0.1) is 0 Å². The van der Waals surface area contributed by atoms with Gasteiger partial charge in [0.25, 0.3) is 0 Å². The number of rotatable bonds is 4. The van der Waals surface area contributed by atoms with E-state index in [4.69, 9.17) is 14.3 Å². The first-order valence-electron chi connectivity index (χ1n) is 9.05. The molecule has 0 bridgehead atoms. The Morgan fingerprint density at radius 2 is 1.87 bits per heavy atom. The predicted molar refractivity (Wildman–Crippen MR) is 112 cm³/mol. The Balaban J connectivity index is 2.06. The lowest BCUT2D eigenvalue weighted by Crippen LogP contribution is -2.25. The number of sulfonamides is 1. The lowest BCUT2D eigenvalue weighted by Gasteiger charge is -2.14. The highest BCUT2D eigenvalue weighted by Crippen LogP contribution is 2.29. The van der Waals surface area contributed by atoms with E-state index in [1.54, 1.807) is 46.1 Å². The first-order valence-corrected chi connectivity index (χ1v) is 10.6. The molecule has 0 aliphatic rings. The van der Waals surface area contributed by atoms with E-state index in [0.717, 1.165) is 0 Å². The van der Waals surface area contributed by atoms with Crippen molar-refractivity contribution in [3.05, 3.63) is 69.1 Å². The van der Waals surface area contributed by atoms with Gasteiger partial charge < -0.3 is 14.1 Å².